The Hall–Kier alpha value is -1.83. The number of urea groups is 1. The second-order valence-corrected chi connectivity index (χ2v) is 4.47. The third-order valence-corrected chi connectivity index (χ3v) is 2.84. The minimum Gasteiger partial charge on any atom is -0.480 e. The highest BCUT2D eigenvalue weighted by Gasteiger charge is 2.17. The maximum Gasteiger partial charge on any atom is 0.322 e. The maximum atomic E-state index is 11.8. The Morgan fingerprint density at radius 2 is 1.79 bits per heavy atom. The summed E-state index contributed by atoms with van der Waals surface area (Å²) in [5, 5.41) is 13.0. The van der Waals surface area contributed by atoms with Crippen molar-refractivity contribution in [2.75, 3.05) is 46.3 Å². The van der Waals surface area contributed by atoms with Crippen LogP contribution in [0.3, 0.4) is 0 Å². The van der Waals surface area contributed by atoms with Crippen LogP contribution in [0, 0.1) is 0 Å². The number of nitrogens with zero attached hydrogens (tertiary/aromatic N) is 2. The third kappa shape index (κ3) is 6.05. The molecule has 19 heavy (non-hydrogen) atoms. The topological polar surface area (TPSA) is 102 Å². The molecule has 0 atom stereocenters. The van der Waals surface area contributed by atoms with Gasteiger partial charge in [0.25, 0.3) is 0 Å². The zero-order valence-corrected chi connectivity index (χ0v) is 11.0. The SMILES string of the molecule is CN1CCCN(C(=O)NCC(=O)NCC(=O)O)CC1. The number of nitrogens with one attached hydrogen (secondary N) is 2. The van der Waals surface area contributed by atoms with Crippen molar-refractivity contribution in [1.82, 2.24) is 20.4 Å². The van der Waals surface area contributed by atoms with Crippen LogP contribution in [0.25, 0.3) is 0 Å². The van der Waals surface area contributed by atoms with Crippen LogP contribution in [-0.4, -0.2) is 79.1 Å². The van der Waals surface area contributed by atoms with E-state index in [0.717, 1.165) is 19.5 Å². The van der Waals surface area contributed by atoms with Gasteiger partial charge in [0, 0.05) is 19.6 Å². The molecule has 0 radical (unpaired) electrons. The average molecular weight is 272 g/mol. The lowest BCUT2D eigenvalue weighted by atomic mass is 10.4. The van der Waals surface area contributed by atoms with E-state index < -0.39 is 18.4 Å². The van der Waals surface area contributed by atoms with Crippen molar-refractivity contribution in [3.05, 3.63) is 0 Å². The highest BCUT2D eigenvalue weighted by Crippen LogP contribution is 2.00. The standard InChI is InChI=1S/C11H20N4O4/c1-14-3-2-4-15(6-5-14)11(19)13-7-9(16)12-8-10(17)18/h2-8H2,1H3,(H,12,16)(H,13,19)(H,17,18). The van der Waals surface area contributed by atoms with Gasteiger partial charge in [-0.05, 0) is 20.0 Å². The first-order valence-corrected chi connectivity index (χ1v) is 6.19. The summed E-state index contributed by atoms with van der Waals surface area (Å²) in [5.41, 5.74) is 0. The quantitative estimate of drug-likeness (QED) is 0.580. The number of carboxylic acid groups (broad SMARTS) is 1. The molecular weight excluding hydrogens is 252 g/mol. The number of amides is 3. The van der Waals surface area contributed by atoms with Gasteiger partial charge < -0.3 is 25.5 Å². The Labute approximate surface area is 111 Å². The molecule has 0 bridgehead atoms. The highest BCUT2D eigenvalue weighted by molar-refractivity contribution is 5.86. The lowest BCUT2D eigenvalue weighted by Gasteiger charge is -2.20. The molecule has 0 aromatic carbocycles. The molecule has 8 heteroatoms. The first-order chi connectivity index (χ1) is 8.99. The van der Waals surface area contributed by atoms with E-state index >= 15 is 0 Å². The summed E-state index contributed by atoms with van der Waals surface area (Å²) in [7, 11) is 2.00. The first-order valence-electron chi connectivity index (χ1n) is 6.19. The van der Waals surface area contributed by atoms with Crippen LogP contribution in [0.4, 0.5) is 4.79 Å². The summed E-state index contributed by atoms with van der Waals surface area (Å²) in [6, 6.07) is -0.291. The summed E-state index contributed by atoms with van der Waals surface area (Å²) in [5.74, 6) is -1.63. The van der Waals surface area contributed by atoms with Gasteiger partial charge in [-0.2, -0.15) is 0 Å². The smallest absolute Gasteiger partial charge is 0.322 e. The molecule has 1 aliphatic heterocycles. The summed E-state index contributed by atoms with van der Waals surface area (Å²) < 4.78 is 0. The molecule has 0 aromatic heterocycles. The predicted octanol–water partition coefficient (Wildman–Crippen LogP) is -1.47. The molecule has 1 saturated heterocycles. The van der Waals surface area contributed by atoms with Crippen LogP contribution >= 0.6 is 0 Å². The van der Waals surface area contributed by atoms with Crippen LogP contribution in [-0.2, 0) is 9.59 Å². The zero-order valence-electron chi connectivity index (χ0n) is 11.0. The number of carbonyl (C=O) groups excluding carboxylic acids is 2. The molecule has 0 aliphatic carbocycles. The molecule has 1 rings (SSSR count). The van der Waals surface area contributed by atoms with Gasteiger partial charge >= 0.3 is 12.0 Å². The Balaban J connectivity index is 2.26. The van der Waals surface area contributed by atoms with Gasteiger partial charge in [0.05, 0.1) is 6.54 Å². The number of likely N-dealkylation sites (N-methyl/N-ethyl adjacent to an activating group) is 1. The Morgan fingerprint density at radius 3 is 2.47 bits per heavy atom. The van der Waals surface area contributed by atoms with E-state index in [-0.39, 0.29) is 12.6 Å². The summed E-state index contributed by atoms with van der Waals surface area (Å²) in [6.45, 7) is 2.38. The lowest BCUT2D eigenvalue weighted by Crippen LogP contribution is -2.46. The van der Waals surface area contributed by atoms with Crippen LogP contribution in [0.5, 0.6) is 0 Å². The van der Waals surface area contributed by atoms with Gasteiger partial charge in [0.15, 0.2) is 0 Å². The van der Waals surface area contributed by atoms with Crippen LogP contribution in [0.1, 0.15) is 6.42 Å². The molecule has 0 unspecified atom stereocenters. The van der Waals surface area contributed by atoms with Gasteiger partial charge in [-0.1, -0.05) is 0 Å². The Kier molecular flexibility index (Phi) is 6.07. The minimum atomic E-state index is -1.12. The van der Waals surface area contributed by atoms with Gasteiger partial charge in [0.2, 0.25) is 5.91 Å². The van der Waals surface area contributed by atoms with Crippen molar-refractivity contribution < 1.29 is 19.5 Å². The van der Waals surface area contributed by atoms with Gasteiger partial charge in [0.1, 0.15) is 6.54 Å². The molecule has 0 spiro atoms. The molecule has 0 aromatic rings. The number of hydrogen-bond acceptors (Lipinski definition) is 4. The fourth-order valence-corrected chi connectivity index (χ4v) is 1.75. The van der Waals surface area contributed by atoms with E-state index in [0.29, 0.717) is 13.1 Å². The number of rotatable bonds is 4. The van der Waals surface area contributed by atoms with Crippen molar-refractivity contribution in [2.24, 2.45) is 0 Å². The Bertz CT molecular complexity index is 348. The molecular formula is C11H20N4O4. The van der Waals surface area contributed by atoms with Crippen molar-refractivity contribution in [1.29, 1.82) is 0 Å². The lowest BCUT2D eigenvalue weighted by molar-refractivity contribution is -0.137. The van der Waals surface area contributed by atoms with E-state index in [4.69, 9.17) is 5.11 Å². The molecule has 3 N–H and O–H groups in total. The molecule has 1 heterocycles. The molecule has 1 aliphatic rings. The predicted molar refractivity (Wildman–Crippen MR) is 67.7 cm³/mol. The monoisotopic (exact) mass is 272 g/mol. The van der Waals surface area contributed by atoms with E-state index in [1.54, 1.807) is 4.90 Å². The first kappa shape index (κ1) is 15.2. The van der Waals surface area contributed by atoms with Crippen molar-refractivity contribution >= 4 is 17.9 Å². The van der Waals surface area contributed by atoms with Crippen LogP contribution < -0.4 is 10.6 Å². The van der Waals surface area contributed by atoms with Gasteiger partial charge in [-0.3, -0.25) is 9.59 Å². The molecule has 3 amide bonds. The third-order valence-electron chi connectivity index (χ3n) is 2.84. The summed E-state index contributed by atoms with van der Waals surface area (Å²) >= 11 is 0. The van der Waals surface area contributed by atoms with Gasteiger partial charge in [-0.25, -0.2) is 4.79 Å². The van der Waals surface area contributed by atoms with E-state index in [1.807, 2.05) is 7.05 Å². The largest absolute Gasteiger partial charge is 0.480 e. The van der Waals surface area contributed by atoms with Crippen molar-refractivity contribution in [3.8, 4) is 0 Å². The van der Waals surface area contributed by atoms with E-state index in [9.17, 15) is 14.4 Å². The maximum absolute atomic E-state index is 11.8. The number of carboxylic acids is 1. The number of carbonyl (C=O) groups is 3. The van der Waals surface area contributed by atoms with E-state index in [2.05, 4.69) is 15.5 Å². The zero-order chi connectivity index (χ0) is 14.3. The number of aliphatic carboxylic acids is 1. The van der Waals surface area contributed by atoms with Crippen LogP contribution in [0.2, 0.25) is 0 Å². The molecule has 108 valence electrons. The molecule has 0 saturated carbocycles. The van der Waals surface area contributed by atoms with Crippen molar-refractivity contribution in [2.45, 2.75) is 6.42 Å². The molecule has 8 nitrogen and oxygen atoms in total. The fourth-order valence-electron chi connectivity index (χ4n) is 1.75. The molecule has 1 fully saturated rings. The van der Waals surface area contributed by atoms with Gasteiger partial charge in [-0.15, -0.1) is 0 Å². The minimum absolute atomic E-state index is 0.210. The normalized spacial score (nSPS) is 16.6. The summed E-state index contributed by atoms with van der Waals surface area (Å²) in [6.07, 6.45) is 0.898. The number of hydrogen-bond donors (Lipinski definition) is 3. The fraction of sp³-hybridized carbons (Fsp3) is 0.727. The Morgan fingerprint density at radius 1 is 1.05 bits per heavy atom. The van der Waals surface area contributed by atoms with Crippen LogP contribution in [0.15, 0.2) is 0 Å². The second kappa shape index (κ2) is 7.57. The van der Waals surface area contributed by atoms with Crippen molar-refractivity contribution in [3.63, 3.8) is 0 Å². The van der Waals surface area contributed by atoms with E-state index in [1.165, 1.54) is 0 Å². The summed E-state index contributed by atoms with van der Waals surface area (Å²) in [4.78, 5) is 37.1. The highest BCUT2D eigenvalue weighted by atomic mass is 16.4. The second-order valence-electron chi connectivity index (χ2n) is 4.47. The average Bonchev–Trinajstić information content (AvgIpc) is 2.58.